The van der Waals surface area contributed by atoms with Crippen LogP contribution in [0.1, 0.15) is 33.6 Å². The zero-order valence-corrected chi connectivity index (χ0v) is 13.4. The zero-order chi connectivity index (χ0) is 13.6. The molecule has 0 spiro atoms. The molecule has 1 aromatic carbocycles. The first kappa shape index (κ1) is 13.1. The zero-order valence-electron chi connectivity index (χ0n) is 11.0. The number of ketones is 1. The van der Waals surface area contributed by atoms with Crippen LogP contribution >= 0.6 is 27.3 Å². The number of benzene rings is 1. The Morgan fingerprint density at radius 1 is 1.21 bits per heavy atom. The van der Waals surface area contributed by atoms with Crippen LogP contribution in [0.15, 0.2) is 28.7 Å². The summed E-state index contributed by atoms with van der Waals surface area (Å²) in [6.07, 6.45) is 2.14. The van der Waals surface area contributed by atoms with E-state index in [0.29, 0.717) is 11.7 Å². The lowest BCUT2D eigenvalue weighted by atomic mass is 10.1. The average molecular weight is 335 g/mol. The van der Waals surface area contributed by atoms with Crippen molar-refractivity contribution in [2.24, 2.45) is 5.92 Å². The van der Waals surface area contributed by atoms with Crippen molar-refractivity contribution in [1.82, 2.24) is 0 Å². The molecule has 1 fully saturated rings. The molecule has 98 valence electrons. The summed E-state index contributed by atoms with van der Waals surface area (Å²) < 4.78 is 1.17. The molecule has 0 amide bonds. The van der Waals surface area contributed by atoms with Crippen molar-refractivity contribution in [1.29, 1.82) is 0 Å². The van der Waals surface area contributed by atoms with Gasteiger partial charge in [-0.05, 0) is 67.6 Å². The second-order valence-electron chi connectivity index (χ2n) is 5.23. The number of rotatable bonds is 3. The van der Waals surface area contributed by atoms with Gasteiger partial charge in [-0.1, -0.05) is 15.9 Å². The highest BCUT2D eigenvalue weighted by Crippen LogP contribution is 2.37. The van der Waals surface area contributed by atoms with Crippen LogP contribution in [0.5, 0.6) is 0 Å². The number of halogens is 1. The first-order valence-corrected chi connectivity index (χ1v) is 8.08. The van der Waals surface area contributed by atoms with Gasteiger partial charge in [-0.15, -0.1) is 11.3 Å². The molecular formula is C16H15BrOS. The van der Waals surface area contributed by atoms with Crippen LogP contribution in [0.2, 0.25) is 0 Å². The smallest absolute Gasteiger partial charge is 0.175 e. The molecule has 0 saturated heterocycles. The SMILES string of the molecule is Cc1cc(-c2ccc(C(=O)C3CC3)s2)cc(C)c1Br. The van der Waals surface area contributed by atoms with Crippen molar-refractivity contribution in [3.63, 3.8) is 0 Å². The molecule has 1 saturated carbocycles. The summed E-state index contributed by atoms with van der Waals surface area (Å²) in [6, 6.07) is 8.40. The molecule has 0 unspecified atom stereocenters. The number of carbonyl (C=O) groups is 1. The number of carbonyl (C=O) groups excluding carboxylic acids is 1. The number of hydrogen-bond acceptors (Lipinski definition) is 2. The Bertz CT molecular complexity index is 630. The van der Waals surface area contributed by atoms with Crippen LogP contribution in [0.4, 0.5) is 0 Å². The Hall–Kier alpha value is -0.930. The van der Waals surface area contributed by atoms with Crippen molar-refractivity contribution >= 4 is 33.0 Å². The van der Waals surface area contributed by atoms with Crippen LogP contribution in [-0.2, 0) is 0 Å². The average Bonchev–Trinajstić information content (AvgIpc) is 3.11. The van der Waals surface area contributed by atoms with Gasteiger partial charge in [0.15, 0.2) is 5.78 Å². The molecule has 3 heteroatoms. The van der Waals surface area contributed by atoms with Gasteiger partial charge in [0.25, 0.3) is 0 Å². The van der Waals surface area contributed by atoms with Crippen LogP contribution in [0.25, 0.3) is 10.4 Å². The Labute approximate surface area is 125 Å². The second-order valence-corrected chi connectivity index (χ2v) is 7.10. The van der Waals surface area contributed by atoms with E-state index in [1.165, 1.54) is 26.0 Å². The predicted octanol–water partition coefficient (Wildman–Crippen LogP) is 5.39. The highest BCUT2D eigenvalue weighted by atomic mass is 79.9. The van der Waals surface area contributed by atoms with Crippen LogP contribution in [-0.4, -0.2) is 5.78 Å². The lowest BCUT2D eigenvalue weighted by Crippen LogP contribution is -1.96. The van der Waals surface area contributed by atoms with Gasteiger partial charge in [-0.3, -0.25) is 4.79 Å². The van der Waals surface area contributed by atoms with E-state index in [1.807, 2.05) is 6.07 Å². The van der Waals surface area contributed by atoms with Gasteiger partial charge in [0, 0.05) is 15.3 Å². The first-order chi connectivity index (χ1) is 9.06. The molecule has 2 aromatic rings. The van der Waals surface area contributed by atoms with E-state index in [2.05, 4.69) is 48.0 Å². The molecule has 1 aliphatic rings. The fraction of sp³-hybridized carbons (Fsp3) is 0.312. The molecule has 1 aromatic heterocycles. The summed E-state index contributed by atoms with van der Waals surface area (Å²) in [5, 5.41) is 0. The van der Waals surface area contributed by atoms with Gasteiger partial charge in [-0.25, -0.2) is 0 Å². The standard InChI is InChI=1S/C16H15BrOS/c1-9-7-12(8-10(2)15(9)17)13-5-6-14(19-13)16(18)11-3-4-11/h5-8,11H,3-4H2,1-2H3. The monoisotopic (exact) mass is 334 g/mol. The van der Waals surface area contributed by atoms with Crippen LogP contribution in [0, 0.1) is 19.8 Å². The number of Topliss-reactive ketones (excluding diaryl/α,β-unsaturated/α-hetero) is 1. The summed E-state index contributed by atoms with van der Waals surface area (Å²) in [4.78, 5) is 14.1. The maximum Gasteiger partial charge on any atom is 0.175 e. The number of aryl methyl sites for hydroxylation is 2. The quantitative estimate of drug-likeness (QED) is 0.688. The van der Waals surface area contributed by atoms with Crippen LogP contribution < -0.4 is 0 Å². The third-order valence-corrected chi connectivity index (χ3v) is 5.92. The lowest BCUT2D eigenvalue weighted by molar-refractivity contribution is 0.0971. The van der Waals surface area contributed by atoms with Crippen molar-refractivity contribution in [3.8, 4) is 10.4 Å². The van der Waals surface area contributed by atoms with E-state index >= 15 is 0 Å². The summed E-state index contributed by atoms with van der Waals surface area (Å²) in [7, 11) is 0. The molecule has 19 heavy (non-hydrogen) atoms. The largest absolute Gasteiger partial charge is 0.293 e. The normalized spacial score (nSPS) is 14.7. The van der Waals surface area contributed by atoms with E-state index < -0.39 is 0 Å². The van der Waals surface area contributed by atoms with Crippen molar-refractivity contribution in [2.45, 2.75) is 26.7 Å². The van der Waals surface area contributed by atoms with E-state index in [1.54, 1.807) is 11.3 Å². The maximum absolute atomic E-state index is 12.0. The van der Waals surface area contributed by atoms with Crippen molar-refractivity contribution < 1.29 is 4.79 Å². The fourth-order valence-electron chi connectivity index (χ4n) is 2.26. The van der Waals surface area contributed by atoms with Gasteiger partial charge >= 0.3 is 0 Å². The molecule has 0 atom stereocenters. The minimum atomic E-state index is 0.305. The number of hydrogen-bond donors (Lipinski definition) is 0. The Kier molecular flexibility index (Phi) is 3.35. The van der Waals surface area contributed by atoms with Gasteiger partial charge in [-0.2, -0.15) is 0 Å². The number of thiophene rings is 1. The highest BCUT2D eigenvalue weighted by Gasteiger charge is 2.31. The summed E-state index contributed by atoms with van der Waals surface area (Å²) in [6.45, 7) is 4.20. The molecule has 0 aliphatic heterocycles. The highest BCUT2D eigenvalue weighted by molar-refractivity contribution is 9.10. The molecule has 1 nitrogen and oxygen atoms in total. The molecule has 0 bridgehead atoms. The van der Waals surface area contributed by atoms with Crippen LogP contribution in [0.3, 0.4) is 0 Å². The Morgan fingerprint density at radius 2 is 1.84 bits per heavy atom. The predicted molar refractivity (Wildman–Crippen MR) is 84.0 cm³/mol. The Balaban J connectivity index is 1.96. The van der Waals surface area contributed by atoms with Crippen molar-refractivity contribution in [2.75, 3.05) is 0 Å². The van der Waals surface area contributed by atoms with E-state index in [4.69, 9.17) is 0 Å². The Morgan fingerprint density at radius 3 is 2.42 bits per heavy atom. The van der Waals surface area contributed by atoms with Gasteiger partial charge < -0.3 is 0 Å². The third-order valence-electron chi connectivity index (χ3n) is 3.52. The lowest BCUT2D eigenvalue weighted by Gasteiger charge is -2.06. The fourth-order valence-corrected chi connectivity index (χ4v) is 3.50. The molecule has 1 aliphatic carbocycles. The van der Waals surface area contributed by atoms with Gasteiger partial charge in [0.1, 0.15) is 0 Å². The molecule has 0 N–H and O–H groups in total. The maximum atomic E-state index is 12.0. The van der Waals surface area contributed by atoms with E-state index in [9.17, 15) is 4.79 Å². The molecule has 3 rings (SSSR count). The van der Waals surface area contributed by atoms with Crippen molar-refractivity contribution in [3.05, 3.63) is 44.7 Å². The minimum absolute atomic E-state index is 0.305. The first-order valence-electron chi connectivity index (χ1n) is 6.47. The topological polar surface area (TPSA) is 17.1 Å². The van der Waals surface area contributed by atoms with Gasteiger partial charge in [0.2, 0.25) is 0 Å². The molecule has 1 heterocycles. The van der Waals surface area contributed by atoms with E-state index in [-0.39, 0.29) is 0 Å². The molecule has 0 radical (unpaired) electrons. The van der Waals surface area contributed by atoms with E-state index in [0.717, 1.165) is 17.7 Å². The second kappa shape index (κ2) is 4.88. The summed E-state index contributed by atoms with van der Waals surface area (Å²) in [5.74, 6) is 0.640. The van der Waals surface area contributed by atoms with Gasteiger partial charge in [0.05, 0.1) is 4.88 Å². The summed E-state index contributed by atoms with van der Waals surface area (Å²) in [5.41, 5.74) is 3.68. The minimum Gasteiger partial charge on any atom is -0.293 e. The summed E-state index contributed by atoms with van der Waals surface area (Å²) >= 11 is 5.21. The third kappa shape index (κ3) is 2.54. The molecular weight excluding hydrogens is 320 g/mol.